The van der Waals surface area contributed by atoms with Crippen LogP contribution in [0.15, 0.2) is 0 Å². The van der Waals surface area contributed by atoms with Crippen LogP contribution in [0.1, 0.15) is 83.1 Å². The summed E-state index contributed by atoms with van der Waals surface area (Å²) < 4.78 is 105. The fraction of sp³-hybridized carbons (Fsp3) is 1.00. The van der Waals surface area contributed by atoms with Crippen molar-refractivity contribution < 1.29 is 52.4 Å². The second-order valence-corrected chi connectivity index (χ2v) is 44.7. The normalized spacial score (nSPS) is 31.0. The zero-order valence-electron chi connectivity index (χ0n) is 30.7. The van der Waals surface area contributed by atoms with Crippen LogP contribution in [-0.2, 0) is 52.4 Å². The molecule has 0 aromatic heterocycles. The molecule has 0 aromatic carbocycles. The van der Waals surface area contributed by atoms with Crippen molar-refractivity contribution >= 4 is 64.6 Å². The summed E-state index contributed by atoms with van der Waals surface area (Å²) in [7, 11) is -32.9. The SMILES string of the molecule is CC(C)(C)[Si](C)(C)OP1(=O)OP(=O)(O[Si](C)(C)C(C)(C)C)OP(=O)(O[Si](C)(C)C(C)(C)C)OP(=O)(O[Si](C)(C)C(C)(C)C)O1. The fourth-order valence-corrected chi connectivity index (χ4v) is 24.6. The van der Waals surface area contributed by atoms with E-state index in [-0.39, 0.29) is 0 Å². The third-order valence-corrected chi connectivity index (χ3v) is 41.1. The largest absolute Gasteiger partial charge is 0.482 e. The van der Waals surface area contributed by atoms with Gasteiger partial charge in [0.25, 0.3) is 0 Å². The Morgan fingerprint density at radius 3 is 0.545 bits per heavy atom. The topological polar surface area (TPSA) is 142 Å². The maximum Gasteiger partial charge on any atom is 0.482 e. The maximum atomic E-state index is 14.6. The van der Waals surface area contributed by atoms with Crippen LogP contribution >= 0.6 is 31.3 Å². The number of rotatable bonds is 8. The van der Waals surface area contributed by atoms with E-state index in [9.17, 15) is 18.3 Å². The summed E-state index contributed by atoms with van der Waals surface area (Å²) in [5.74, 6) is 0. The molecule has 1 aliphatic rings. The average molecular weight is 777 g/mol. The molecule has 0 N–H and O–H groups in total. The van der Waals surface area contributed by atoms with Crippen LogP contribution in [0.2, 0.25) is 72.5 Å². The van der Waals surface area contributed by atoms with E-state index in [1.807, 2.05) is 83.1 Å². The van der Waals surface area contributed by atoms with Crippen LogP contribution in [0.3, 0.4) is 0 Å². The average Bonchev–Trinajstić information content (AvgIpc) is 2.58. The lowest BCUT2D eigenvalue weighted by Gasteiger charge is -2.44. The third kappa shape index (κ3) is 10.7. The van der Waals surface area contributed by atoms with Gasteiger partial charge in [0, 0.05) is 0 Å². The molecule has 0 unspecified atom stereocenters. The van der Waals surface area contributed by atoms with Crippen molar-refractivity contribution in [2.75, 3.05) is 0 Å². The number of hydrogen-bond acceptors (Lipinski definition) is 12. The van der Waals surface area contributed by atoms with E-state index in [2.05, 4.69) is 0 Å². The first-order chi connectivity index (χ1) is 18.7. The Hall–Kier alpha value is 1.47. The highest BCUT2D eigenvalue weighted by molar-refractivity contribution is 7.77. The lowest BCUT2D eigenvalue weighted by atomic mass is 10.2. The van der Waals surface area contributed by atoms with E-state index in [0.717, 1.165) is 0 Å². The van der Waals surface area contributed by atoms with Crippen LogP contribution < -0.4 is 0 Å². The summed E-state index contributed by atoms with van der Waals surface area (Å²) in [5, 5.41) is -2.18. The first-order valence-corrected chi connectivity index (χ1v) is 32.2. The second kappa shape index (κ2) is 12.7. The molecule has 0 radical (unpaired) electrons. The zero-order chi connectivity index (χ0) is 35.7. The van der Waals surface area contributed by atoms with Crippen molar-refractivity contribution in [2.24, 2.45) is 0 Å². The predicted octanol–water partition coefficient (Wildman–Crippen LogP) is 12.6. The molecule has 0 saturated carbocycles. The standard InChI is InChI=1S/C24H60O12P4Si4/c1-21(2,3)41(13,14)33-37(25)29-38(26,34-42(15,16)22(4,5)6)31-40(28,36-44(19,20)24(10,11)12)32-39(27,30-37)35-43(17,18)23(7,8)9/h1-20H3. The first-order valence-electron chi connectivity index (χ1n) is 14.7. The molecule has 264 valence electrons. The fourth-order valence-electron chi connectivity index (χ4n) is 2.35. The Balaban J connectivity index is 4.10. The van der Waals surface area contributed by atoms with Gasteiger partial charge in [0.15, 0.2) is 0 Å². The van der Waals surface area contributed by atoms with Crippen LogP contribution in [0.5, 0.6) is 0 Å². The summed E-state index contributed by atoms with van der Waals surface area (Å²) >= 11 is 0. The number of hydrogen-bond donors (Lipinski definition) is 0. The molecule has 0 aliphatic carbocycles. The van der Waals surface area contributed by atoms with Gasteiger partial charge in [-0.25, -0.2) is 18.3 Å². The van der Waals surface area contributed by atoms with E-state index < -0.39 is 84.7 Å². The molecular formula is C24H60O12P4Si4. The zero-order valence-corrected chi connectivity index (χ0v) is 38.3. The Kier molecular flexibility index (Phi) is 12.5. The molecule has 44 heavy (non-hydrogen) atoms. The Bertz CT molecular complexity index is 1040. The van der Waals surface area contributed by atoms with Gasteiger partial charge in [-0.15, -0.1) is 0 Å². The minimum absolute atomic E-state index is 0.545. The molecule has 0 atom stereocenters. The van der Waals surface area contributed by atoms with Crippen molar-refractivity contribution in [3.8, 4) is 0 Å². The Morgan fingerprint density at radius 2 is 0.455 bits per heavy atom. The summed E-state index contributed by atoms with van der Waals surface area (Å²) in [6.07, 6.45) is 0. The molecular weight excluding hydrogens is 716 g/mol. The first kappa shape index (κ1) is 43.5. The molecule has 1 fully saturated rings. The maximum absolute atomic E-state index is 14.6. The predicted molar refractivity (Wildman–Crippen MR) is 188 cm³/mol. The van der Waals surface area contributed by atoms with Gasteiger partial charge in [0.1, 0.15) is 0 Å². The minimum atomic E-state index is -5.15. The van der Waals surface area contributed by atoms with E-state index in [0.29, 0.717) is 0 Å². The van der Waals surface area contributed by atoms with Crippen LogP contribution in [-0.4, -0.2) is 33.3 Å². The summed E-state index contributed by atoms with van der Waals surface area (Å²) in [4.78, 5) is 0. The van der Waals surface area contributed by atoms with Gasteiger partial charge in [-0.1, -0.05) is 83.1 Å². The highest BCUT2D eigenvalue weighted by Crippen LogP contribution is 2.85. The Labute approximate surface area is 271 Å². The quantitative estimate of drug-likeness (QED) is 0.171. The molecule has 0 spiro atoms. The monoisotopic (exact) mass is 776 g/mol. The molecule has 1 saturated heterocycles. The Morgan fingerprint density at radius 1 is 0.341 bits per heavy atom. The summed E-state index contributed by atoms with van der Waals surface area (Å²) in [6, 6.07) is 0. The van der Waals surface area contributed by atoms with Crippen LogP contribution in [0.4, 0.5) is 0 Å². The van der Waals surface area contributed by atoms with Crippen LogP contribution in [0.25, 0.3) is 0 Å². The summed E-state index contributed by atoms with van der Waals surface area (Å²) in [6.45, 7) is 36.5. The van der Waals surface area contributed by atoms with Crippen molar-refractivity contribution in [2.45, 2.75) is 156 Å². The molecule has 1 aliphatic heterocycles. The van der Waals surface area contributed by atoms with Crippen molar-refractivity contribution in [1.82, 2.24) is 0 Å². The van der Waals surface area contributed by atoms with E-state index in [1.54, 1.807) is 52.4 Å². The second-order valence-electron chi connectivity index (χ2n) is 17.5. The molecule has 0 amide bonds. The lowest BCUT2D eigenvalue weighted by Crippen LogP contribution is -2.43. The van der Waals surface area contributed by atoms with Gasteiger partial charge < -0.3 is 16.9 Å². The smallest absolute Gasteiger partial charge is 0.329 e. The van der Waals surface area contributed by atoms with Crippen molar-refractivity contribution in [1.29, 1.82) is 0 Å². The highest BCUT2D eigenvalue weighted by Gasteiger charge is 2.64. The van der Waals surface area contributed by atoms with Gasteiger partial charge >= 0.3 is 31.3 Å². The molecule has 0 aromatic rings. The molecule has 1 rings (SSSR count). The van der Waals surface area contributed by atoms with Gasteiger partial charge in [-0.3, -0.25) is 0 Å². The molecule has 12 nitrogen and oxygen atoms in total. The molecule has 20 heteroatoms. The van der Waals surface area contributed by atoms with E-state index >= 15 is 0 Å². The van der Waals surface area contributed by atoms with Gasteiger partial charge in [0.2, 0.25) is 33.3 Å². The molecule has 0 bridgehead atoms. The van der Waals surface area contributed by atoms with Crippen LogP contribution in [0, 0.1) is 0 Å². The van der Waals surface area contributed by atoms with Gasteiger partial charge in [-0.2, -0.15) is 17.2 Å². The number of phosphoric acid groups is 4. The lowest BCUT2D eigenvalue weighted by molar-refractivity contribution is 0.167. The van der Waals surface area contributed by atoms with E-state index in [1.165, 1.54) is 0 Å². The van der Waals surface area contributed by atoms with E-state index in [4.69, 9.17) is 34.1 Å². The summed E-state index contributed by atoms with van der Waals surface area (Å²) in [5.41, 5.74) is 0. The third-order valence-electron chi connectivity index (χ3n) is 9.38. The molecule has 1 heterocycles. The minimum Gasteiger partial charge on any atom is -0.329 e. The van der Waals surface area contributed by atoms with Crippen molar-refractivity contribution in [3.05, 3.63) is 0 Å². The van der Waals surface area contributed by atoms with Gasteiger partial charge in [-0.05, 0) is 72.5 Å². The highest BCUT2D eigenvalue weighted by atomic mass is 31.3. The van der Waals surface area contributed by atoms with Crippen molar-refractivity contribution in [3.63, 3.8) is 0 Å². The van der Waals surface area contributed by atoms with Gasteiger partial charge in [0.05, 0.1) is 0 Å².